The molecule has 168 valence electrons. The molecule has 0 aromatic carbocycles. The van der Waals surface area contributed by atoms with Crippen molar-refractivity contribution in [3.05, 3.63) is 0 Å². The molecule has 0 fully saturated rings. The molecule has 0 aliphatic heterocycles. The van der Waals surface area contributed by atoms with E-state index in [1.165, 1.54) is 38.5 Å². The van der Waals surface area contributed by atoms with Gasteiger partial charge in [-0.2, -0.15) is 0 Å². The first kappa shape index (κ1) is 29.1. The van der Waals surface area contributed by atoms with Crippen LogP contribution >= 0.6 is 0 Å². The average Bonchev–Trinajstić information content (AvgIpc) is 2.67. The minimum atomic E-state index is -1.42. The van der Waals surface area contributed by atoms with E-state index in [-0.39, 0.29) is 13.0 Å². The summed E-state index contributed by atoms with van der Waals surface area (Å²) >= 11 is 0. The Morgan fingerprint density at radius 3 is 1.57 bits per heavy atom. The smallest absolute Gasteiger partial charge is 0.335 e. The lowest BCUT2D eigenvalue weighted by atomic mass is 10.1. The van der Waals surface area contributed by atoms with Crippen molar-refractivity contribution in [2.75, 3.05) is 19.8 Å². The number of carbonyl (C=O) groups is 2. The van der Waals surface area contributed by atoms with Gasteiger partial charge >= 0.3 is 11.9 Å². The number of ether oxygens (including phenoxy) is 2. The molecule has 0 saturated heterocycles. The fourth-order valence-electron chi connectivity index (χ4n) is 2.52. The van der Waals surface area contributed by atoms with Gasteiger partial charge in [0, 0.05) is 6.61 Å². The summed E-state index contributed by atoms with van der Waals surface area (Å²) in [6.07, 6.45) is 11.5. The fraction of sp³-hybridized carbons (Fsp3) is 0.909. The third-order valence-corrected chi connectivity index (χ3v) is 4.14. The second kappa shape index (κ2) is 23.9. The van der Waals surface area contributed by atoms with Crippen molar-refractivity contribution < 1.29 is 29.3 Å². The van der Waals surface area contributed by atoms with Gasteiger partial charge < -0.3 is 19.7 Å². The zero-order chi connectivity index (χ0) is 21.5. The van der Waals surface area contributed by atoms with Gasteiger partial charge in [-0.25, -0.2) is 4.79 Å². The maximum Gasteiger partial charge on any atom is 0.335 e. The monoisotopic (exact) mass is 404 g/mol. The molecule has 0 aromatic rings. The van der Waals surface area contributed by atoms with E-state index in [0.717, 1.165) is 38.5 Å². The van der Waals surface area contributed by atoms with Gasteiger partial charge in [-0.3, -0.25) is 4.79 Å². The summed E-state index contributed by atoms with van der Waals surface area (Å²) in [6.45, 7) is 6.92. The normalized spacial score (nSPS) is 11.3. The minimum Gasteiger partial charge on any atom is -0.466 e. The van der Waals surface area contributed by atoms with E-state index in [1.54, 1.807) is 6.92 Å². The summed E-state index contributed by atoms with van der Waals surface area (Å²) < 4.78 is 10.0. The summed E-state index contributed by atoms with van der Waals surface area (Å²) in [4.78, 5) is 23.2. The number of carbonyl (C=O) groups excluding carboxylic acids is 2. The SMILES string of the molecule is CCCCCCCCOC(=O)CC(O)C(=O)OCCCCCCCC.CCO. The van der Waals surface area contributed by atoms with Crippen molar-refractivity contribution >= 4 is 11.9 Å². The molecular formula is C22H44O6. The van der Waals surface area contributed by atoms with Crippen LogP contribution in [0.3, 0.4) is 0 Å². The predicted octanol–water partition coefficient (Wildman–Crippen LogP) is 4.54. The Bertz CT molecular complexity index is 346. The van der Waals surface area contributed by atoms with Crippen LogP contribution in [0, 0.1) is 0 Å². The van der Waals surface area contributed by atoms with Crippen molar-refractivity contribution in [3.63, 3.8) is 0 Å². The molecule has 0 radical (unpaired) electrons. The van der Waals surface area contributed by atoms with Crippen molar-refractivity contribution in [3.8, 4) is 0 Å². The number of unbranched alkanes of at least 4 members (excludes halogenated alkanes) is 10. The van der Waals surface area contributed by atoms with Crippen LogP contribution in [-0.4, -0.2) is 48.1 Å². The first-order valence-electron chi connectivity index (χ1n) is 11.1. The highest BCUT2D eigenvalue weighted by Crippen LogP contribution is 2.07. The highest BCUT2D eigenvalue weighted by atomic mass is 16.6. The Morgan fingerprint density at radius 2 is 1.11 bits per heavy atom. The van der Waals surface area contributed by atoms with Gasteiger partial charge in [0.05, 0.1) is 19.6 Å². The maximum absolute atomic E-state index is 11.6. The van der Waals surface area contributed by atoms with Gasteiger partial charge in [0.25, 0.3) is 0 Å². The molecule has 0 heterocycles. The molecule has 28 heavy (non-hydrogen) atoms. The van der Waals surface area contributed by atoms with E-state index in [1.807, 2.05) is 0 Å². The summed E-state index contributed by atoms with van der Waals surface area (Å²) in [7, 11) is 0. The Balaban J connectivity index is 0. The van der Waals surface area contributed by atoms with Gasteiger partial charge in [0.2, 0.25) is 0 Å². The third-order valence-electron chi connectivity index (χ3n) is 4.14. The van der Waals surface area contributed by atoms with Gasteiger partial charge in [0.15, 0.2) is 6.10 Å². The van der Waals surface area contributed by atoms with Crippen molar-refractivity contribution in [1.29, 1.82) is 0 Å². The standard InChI is InChI=1S/C20H38O5.C2H6O/c1-3-5-7-9-11-13-15-24-19(22)17-18(21)20(23)25-16-14-12-10-8-6-4-2;1-2-3/h18,21H,3-17H2,1-2H3;3H,2H2,1H3. The van der Waals surface area contributed by atoms with E-state index < -0.39 is 18.0 Å². The summed E-state index contributed by atoms with van der Waals surface area (Å²) in [5.74, 6) is -1.28. The Hall–Kier alpha value is -1.14. The van der Waals surface area contributed by atoms with Crippen LogP contribution in [0.2, 0.25) is 0 Å². The molecule has 0 aromatic heterocycles. The minimum absolute atomic E-state index is 0.250. The molecule has 0 saturated carbocycles. The Morgan fingerprint density at radius 1 is 0.714 bits per heavy atom. The van der Waals surface area contributed by atoms with Crippen LogP contribution in [0.4, 0.5) is 0 Å². The Labute approximate surface area is 172 Å². The molecule has 6 nitrogen and oxygen atoms in total. The van der Waals surface area contributed by atoms with Crippen LogP contribution in [0.15, 0.2) is 0 Å². The van der Waals surface area contributed by atoms with Crippen molar-refractivity contribution in [1.82, 2.24) is 0 Å². The number of hydrogen-bond acceptors (Lipinski definition) is 6. The molecule has 0 aliphatic rings. The summed E-state index contributed by atoms with van der Waals surface area (Å²) in [6, 6.07) is 0. The maximum atomic E-state index is 11.6. The summed E-state index contributed by atoms with van der Waals surface area (Å²) in [5, 5.41) is 17.3. The van der Waals surface area contributed by atoms with E-state index in [2.05, 4.69) is 13.8 Å². The fourth-order valence-corrected chi connectivity index (χ4v) is 2.52. The number of aliphatic hydroxyl groups excluding tert-OH is 2. The molecule has 0 amide bonds. The average molecular weight is 405 g/mol. The second-order valence-electron chi connectivity index (χ2n) is 6.96. The lowest BCUT2D eigenvalue weighted by Crippen LogP contribution is -2.27. The van der Waals surface area contributed by atoms with Gasteiger partial charge in [-0.05, 0) is 19.8 Å². The van der Waals surface area contributed by atoms with E-state index >= 15 is 0 Å². The number of aliphatic hydroxyl groups is 2. The predicted molar refractivity (Wildman–Crippen MR) is 112 cm³/mol. The van der Waals surface area contributed by atoms with Crippen LogP contribution < -0.4 is 0 Å². The molecule has 1 unspecified atom stereocenters. The highest BCUT2D eigenvalue weighted by molar-refractivity contribution is 5.81. The van der Waals surface area contributed by atoms with E-state index in [4.69, 9.17) is 14.6 Å². The molecule has 0 aliphatic carbocycles. The van der Waals surface area contributed by atoms with Crippen LogP contribution in [-0.2, 0) is 19.1 Å². The highest BCUT2D eigenvalue weighted by Gasteiger charge is 2.21. The first-order chi connectivity index (χ1) is 13.5. The Kier molecular flexibility index (Phi) is 24.8. The first-order valence-corrected chi connectivity index (χ1v) is 11.1. The van der Waals surface area contributed by atoms with Gasteiger partial charge in [-0.15, -0.1) is 0 Å². The topological polar surface area (TPSA) is 93.1 Å². The lowest BCUT2D eigenvalue weighted by molar-refractivity contribution is -0.160. The van der Waals surface area contributed by atoms with Crippen LogP contribution in [0.1, 0.15) is 104 Å². The molecule has 2 N–H and O–H groups in total. The van der Waals surface area contributed by atoms with E-state index in [9.17, 15) is 14.7 Å². The van der Waals surface area contributed by atoms with Crippen molar-refractivity contribution in [2.24, 2.45) is 0 Å². The zero-order valence-electron chi connectivity index (χ0n) is 18.4. The number of rotatable bonds is 17. The molecule has 0 spiro atoms. The second-order valence-corrected chi connectivity index (χ2v) is 6.96. The molecular weight excluding hydrogens is 360 g/mol. The van der Waals surface area contributed by atoms with Crippen LogP contribution in [0.25, 0.3) is 0 Å². The van der Waals surface area contributed by atoms with E-state index in [0.29, 0.717) is 13.2 Å². The summed E-state index contributed by atoms with van der Waals surface area (Å²) in [5.41, 5.74) is 0. The number of esters is 2. The largest absolute Gasteiger partial charge is 0.466 e. The number of hydrogen-bond donors (Lipinski definition) is 2. The quantitative estimate of drug-likeness (QED) is 0.273. The molecule has 1 atom stereocenters. The van der Waals surface area contributed by atoms with Gasteiger partial charge in [-0.1, -0.05) is 78.1 Å². The molecule has 0 bridgehead atoms. The van der Waals surface area contributed by atoms with Crippen LogP contribution in [0.5, 0.6) is 0 Å². The molecule has 6 heteroatoms. The lowest BCUT2D eigenvalue weighted by Gasteiger charge is -2.10. The van der Waals surface area contributed by atoms with Gasteiger partial charge in [0.1, 0.15) is 0 Å². The third kappa shape index (κ3) is 22.9. The van der Waals surface area contributed by atoms with Crippen molar-refractivity contribution in [2.45, 2.75) is 110 Å². The zero-order valence-corrected chi connectivity index (χ0v) is 18.4. The molecule has 0 rings (SSSR count).